The van der Waals surface area contributed by atoms with E-state index in [1.54, 1.807) is 11.6 Å². The lowest BCUT2D eigenvalue weighted by Crippen LogP contribution is -2.34. The standard InChI is InChI=1S/C15H11Cl2F3N2O3S/c1-8-2-4-10(5-3-8)26(24,25)22-14(23)21-13-11(16)6-9(7-12(13)17)15(18,19)20/h2-7H,1H3,(H2,21,22,23). The van der Waals surface area contributed by atoms with E-state index >= 15 is 0 Å². The molecule has 26 heavy (non-hydrogen) atoms. The zero-order valence-corrected chi connectivity index (χ0v) is 15.3. The number of amides is 2. The molecule has 0 unspecified atom stereocenters. The van der Waals surface area contributed by atoms with Gasteiger partial charge in [0.25, 0.3) is 10.0 Å². The molecule has 0 saturated heterocycles. The van der Waals surface area contributed by atoms with Gasteiger partial charge in [0.2, 0.25) is 0 Å². The number of alkyl halides is 3. The highest BCUT2D eigenvalue weighted by Crippen LogP contribution is 2.38. The number of benzene rings is 2. The molecule has 2 rings (SSSR count). The quantitative estimate of drug-likeness (QED) is 0.737. The molecular weight excluding hydrogens is 416 g/mol. The van der Waals surface area contributed by atoms with Gasteiger partial charge in [0, 0.05) is 0 Å². The van der Waals surface area contributed by atoms with E-state index in [9.17, 15) is 26.4 Å². The minimum absolute atomic E-state index is 0.164. The summed E-state index contributed by atoms with van der Waals surface area (Å²) in [5.41, 5.74) is -0.639. The molecule has 0 fully saturated rings. The van der Waals surface area contributed by atoms with Gasteiger partial charge in [0.1, 0.15) is 0 Å². The molecule has 0 aliphatic heterocycles. The average molecular weight is 427 g/mol. The Hall–Kier alpha value is -1.97. The van der Waals surface area contributed by atoms with Crippen molar-refractivity contribution in [1.82, 2.24) is 4.72 Å². The first-order valence-corrected chi connectivity index (χ1v) is 9.11. The van der Waals surface area contributed by atoms with E-state index in [-0.39, 0.29) is 10.6 Å². The third kappa shape index (κ3) is 4.80. The number of rotatable bonds is 3. The SMILES string of the molecule is Cc1ccc(S(=O)(=O)NC(=O)Nc2c(Cl)cc(C(F)(F)F)cc2Cl)cc1. The van der Waals surface area contributed by atoms with E-state index in [1.807, 2.05) is 5.32 Å². The van der Waals surface area contributed by atoms with E-state index in [1.165, 1.54) is 24.3 Å². The van der Waals surface area contributed by atoms with Gasteiger partial charge >= 0.3 is 12.2 Å². The molecule has 0 spiro atoms. The van der Waals surface area contributed by atoms with Gasteiger partial charge in [0.15, 0.2) is 0 Å². The number of hydrogen-bond acceptors (Lipinski definition) is 3. The van der Waals surface area contributed by atoms with E-state index in [0.29, 0.717) is 12.1 Å². The Morgan fingerprint density at radius 3 is 2.00 bits per heavy atom. The number of carbonyl (C=O) groups excluding carboxylic acids is 1. The normalized spacial score (nSPS) is 11.9. The van der Waals surface area contributed by atoms with Crippen molar-refractivity contribution < 1.29 is 26.4 Å². The maximum absolute atomic E-state index is 12.7. The lowest BCUT2D eigenvalue weighted by atomic mass is 10.2. The van der Waals surface area contributed by atoms with Crippen molar-refractivity contribution in [2.24, 2.45) is 0 Å². The Morgan fingerprint density at radius 2 is 1.54 bits per heavy atom. The van der Waals surface area contributed by atoms with Crippen molar-refractivity contribution >= 4 is 44.9 Å². The first-order chi connectivity index (χ1) is 11.9. The lowest BCUT2D eigenvalue weighted by molar-refractivity contribution is -0.137. The van der Waals surface area contributed by atoms with Gasteiger partial charge in [0.05, 0.1) is 26.2 Å². The Kier molecular flexibility index (Phi) is 5.74. The van der Waals surface area contributed by atoms with Gasteiger partial charge in [-0.3, -0.25) is 0 Å². The van der Waals surface area contributed by atoms with Gasteiger partial charge in [-0.15, -0.1) is 0 Å². The zero-order chi connectivity index (χ0) is 19.7. The first kappa shape index (κ1) is 20.3. The summed E-state index contributed by atoms with van der Waals surface area (Å²) in [5, 5.41) is 1.05. The van der Waals surface area contributed by atoms with Crippen molar-refractivity contribution in [1.29, 1.82) is 0 Å². The molecule has 0 atom stereocenters. The van der Waals surface area contributed by atoms with E-state index in [0.717, 1.165) is 5.56 Å². The fraction of sp³-hybridized carbons (Fsp3) is 0.133. The number of carbonyl (C=O) groups is 1. The predicted molar refractivity (Wildman–Crippen MR) is 92.0 cm³/mol. The molecule has 140 valence electrons. The molecule has 0 bridgehead atoms. The summed E-state index contributed by atoms with van der Waals surface area (Å²) in [6.45, 7) is 1.76. The van der Waals surface area contributed by atoms with Crippen LogP contribution in [0, 0.1) is 6.92 Å². The summed E-state index contributed by atoms with van der Waals surface area (Å²) in [6, 6.07) is 5.57. The van der Waals surface area contributed by atoms with E-state index in [4.69, 9.17) is 23.2 Å². The van der Waals surface area contributed by atoms with Gasteiger partial charge in [-0.05, 0) is 31.2 Å². The minimum Gasteiger partial charge on any atom is -0.304 e. The van der Waals surface area contributed by atoms with Crippen LogP contribution in [0.15, 0.2) is 41.3 Å². The van der Waals surface area contributed by atoms with Crippen molar-refractivity contribution in [3.8, 4) is 0 Å². The number of anilines is 1. The summed E-state index contributed by atoms with van der Waals surface area (Å²) in [5.74, 6) is 0. The number of hydrogen-bond donors (Lipinski definition) is 2. The summed E-state index contributed by atoms with van der Waals surface area (Å²) in [6.07, 6.45) is -4.68. The number of sulfonamides is 1. The summed E-state index contributed by atoms with van der Waals surface area (Å²) >= 11 is 11.4. The lowest BCUT2D eigenvalue weighted by Gasteiger charge is -2.14. The third-order valence-corrected chi connectivity index (χ3v) is 5.11. The monoisotopic (exact) mass is 426 g/mol. The van der Waals surface area contributed by atoms with Crippen LogP contribution in [0.1, 0.15) is 11.1 Å². The predicted octanol–water partition coefficient (Wildman–Crippen LogP) is 4.83. The van der Waals surface area contributed by atoms with E-state index < -0.39 is 37.8 Å². The Morgan fingerprint density at radius 1 is 1.04 bits per heavy atom. The van der Waals surface area contributed by atoms with Crippen molar-refractivity contribution in [3.05, 3.63) is 57.6 Å². The van der Waals surface area contributed by atoms with Crippen LogP contribution in [0.25, 0.3) is 0 Å². The summed E-state index contributed by atoms with van der Waals surface area (Å²) in [7, 11) is -4.18. The molecule has 5 nitrogen and oxygen atoms in total. The fourth-order valence-electron chi connectivity index (χ4n) is 1.89. The molecule has 0 heterocycles. The van der Waals surface area contributed by atoms with Crippen LogP contribution in [0.5, 0.6) is 0 Å². The maximum Gasteiger partial charge on any atom is 0.416 e. The Labute approximate surface area is 157 Å². The molecular formula is C15H11Cl2F3N2O3S. The van der Waals surface area contributed by atoms with Gasteiger partial charge in [-0.2, -0.15) is 13.2 Å². The van der Waals surface area contributed by atoms with Crippen molar-refractivity contribution in [2.45, 2.75) is 18.0 Å². The number of aryl methyl sites for hydroxylation is 1. The van der Waals surface area contributed by atoms with Crippen LogP contribution in [-0.2, 0) is 16.2 Å². The molecule has 0 aliphatic rings. The Bertz CT molecular complexity index is 923. The molecule has 2 amide bonds. The summed E-state index contributed by atoms with van der Waals surface area (Å²) < 4.78 is 64.0. The van der Waals surface area contributed by atoms with Crippen molar-refractivity contribution in [2.75, 3.05) is 5.32 Å². The van der Waals surface area contributed by atoms with Crippen LogP contribution in [-0.4, -0.2) is 14.4 Å². The molecule has 11 heteroatoms. The topological polar surface area (TPSA) is 75.3 Å². The van der Waals surface area contributed by atoms with Crippen LogP contribution < -0.4 is 10.0 Å². The Balaban J connectivity index is 2.21. The fourth-order valence-corrected chi connectivity index (χ4v) is 3.38. The first-order valence-electron chi connectivity index (χ1n) is 6.87. The van der Waals surface area contributed by atoms with Crippen LogP contribution in [0.2, 0.25) is 10.0 Å². The molecule has 2 aromatic carbocycles. The maximum atomic E-state index is 12.7. The molecule has 2 N–H and O–H groups in total. The minimum atomic E-state index is -4.68. The molecule has 0 aliphatic carbocycles. The van der Waals surface area contributed by atoms with Crippen LogP contribution in [0.3, 0.4) is 0 Å². The molecule has 2 aromatic rings. The van der Waals surface area contributed by atoms with Gasteiger partial charge in [-0.1, -0.05) is 40.9 Å². The second-order valence-electron chi connectivity index (χ2n) is 5.19. The summed E-state index contributed by atoms with van der Waals surface area (Å²) in [4.78, 5) is 11.7. The van der Waals surface area contributed by atoms with Gasteiger partial charge < -0.3 is 5.32 Å². The highest BCUT2D eigenvalue weighted by molar-refractivity contribution is 7.90. The smallest absolute Gasteiger partial charge is 0.304 e. The molecule has 0 radical (unpaired) electrons. The second-order valence-corrected chi connectivity index (χ2v) is 7.68. The number of nitrogens with one attached hydrogen (secondary N) is 2. The van der Waals surface area contributed by atoms with Gasteiger partial charge in [-0.25, -0.2) is 17.9 Å². The highest BCUT2D eigenvalue weighted by atomic mass is 35.5. The molecule has 0 saturated carbocycles. The van der Waals surface area contributed by atoms with Crippen LogP contribution >= 0.6 is 23.2 Å². The van der Waals surface area contributed by atoms with E-state index in [2.05, 4.69) is 0 Å². The van der Waals surface area contributed by atoms with Crippen LogP contribution in [0.4, 0.5) is 23.7 Å². The third-order valence-electron chi connectivity index (χ3n) is 3.17. The average Bonchev–Trinajstić information content (AvgIpc) is 2.49. The molecule has 0 aromatic heterocycles. The largest absolute Gasteiger partial charge is 0.416 e. The second kappa shape index (κ2) is 7.34. The number of urea groups is 1. The van der Waals surface area contributed by atoms with Crippen molar-refractivity contribution in [3.63, 3.8) is 0 Å². The zero-order valence-electron chi connectivity index (χ0n) is 13.0. The highest BCUT2D eigenvalue weighted by Gasteiger charge is 2.32. The number of halogens is 5.